The van der Waals surface area contributed by atoms with Gasteiger partial charge in [-0.3, -0.25) is 4.79 Å². The number of fused-ring (bicyclic) bond motifs is 1. The van der Waals surface area contributed by atoms with Crippen LogP contribution in [0.2, 0.25) is 0 Å². The highest BCUT2D eigenvalue weighted by atomic mass is 32.2. The summed E-state index contributed by atoms with van der Waals surface area (Å²) in [5.74, 6) is 2.05. The van der Waals surface area contributed by atoms with E-state index >= 15 is 0 Å². The molecule has 1 aliphatic rings. The molecule has 1 N–H and O–H groups in total. The summed E-state index contributed by atoms with van der Waals surface area (Å²) >= 11 is 4.53. The number of rotatable bonds is 8. The second-order valence-corrected chi connectivity index (χ2v) is 10.5. The van der Waals surface area contributed by atoms with Gasteiger partial charge in [0.2, 0.25) is 5.91 Å². The summed E-state index contributed by atoms with van der Waals surface area (Å²) in [7, 11) is 1.88. The lowest BCUT2D eigenvalue weighted by molar-refractivity contribution is -0.113. The van der Waals surface area contributed by atoms with Crippen LogP contribution in [0.25, 0.3) is 0 Å². The van der Waals surface area contributed by atoms with Crippen molar-refractivity contribution >= 4 is 45.8 Å². The average Bonchev–Trinajstić information content (AvgIpc) is 3.33. The van der Waals surface area contributed by atoms with E-state index in [1.807, 2.05) is 11.6 Å². The first-order valence-electron chi connectivity index (χ1n) is 10.2. The van der Waals surface area contributed by atoms with Gasteiger partial charge in [-0.2, -0.15) is 5.26 Å². The summed E-state index contributed by atoms with van der Waals surface area (Å²) in [6.45, 7) is 0. The van der Waals surface area contributed by atoms with Gasteiger partial charge in [0.05, 0.1) is 17.1 Å². The fraction of sp³-hybridized carbons (Fsp3) is 0.364. The smallest absolute Gasteiger partial charge is 0.235 e. The summed E-state index contributed by atoms with van der Waals surface area (Å²) in [5.41, 5.74) is 2.79. The molecule has 3 aromatic rings. The molecule has 0 saturated carbocycles. The van der Waals surface area contributed by atoms with Crippen molar-refractivity contribution in [2.45, 2.75) is 42.3 Å². The van der Waals surface area contributed by atoms with Gasteiger partial charge in [0.15, 0.2) is 5.16 Å². The number of carbonyl (C=O) groups is 1. The topological polar surface area (TPSA) is 83.6 Å². The number of amides is 1. The number of thioether (sulfide) groups is 2. The summed E-state index contributed by atoms with van der Waals surface area (Å²) in [6, 6.07) is 8.75. The highest BCUT2D eigenvalue weighted by molar-refractivity contribution is 7.99. The van der Waals surface area contributed by atoms with Crippen molar-refractivity contribution in [3.63, 3.8) is 0 Å². The maximum Gasteiger partial charge on any atom is 0.235 e. The Morgan fingerprint density at radius 1 is 1.25 bits per heavy atom. The molecular formula is C22H22FN5OS3. The lowest BCUT2D eigenvalue weighted by atomic mass is 9.96. The molecule has 1 amide bonds. The monoisotopic (exact) mass is 487 g/mol. The maximum absolute atomic E-state index is 13.0. The van der Waals surface area contributed by atoms with Gasteiger partial charge < -0.3 is 9.88 Å². The highest BCUT2D eigenvalue weighted by Crippen LogP contribution is 2.37. The number of nitriles is 1. The zero-order valence-electron chi connectivity index (χ0n) is 17.6. The molecule has 0 radical (unpaired) electrons. The zero-order chi connectivity index (χ0) is 22.5. The first kappa shape index (κ1) is 22.8. The third-order valence-corrected chi connectivity index (χ3v) is 8.43. The van der Waals surface area contributed by atoms with E-state index in [9.17, 15) is 14.4 Å². The van der Waals surface area contributed by atoms with Gasteiger partial charge in [-0.05, 0) is 48.9 Å². The summed E-state index contributed by atoms with van der Waals surface area (Å²) < 4.78 is 14.9. The molecule has 10 heteroatoms. The normalized spacial score (nSPS) is 12.9. The number of nitrogens with one attached hydrogen (secondary N) is 1. The Morgan fingerprint density at radius 3 is 2.81 bits per heavy atom. The molecule has 0 unspecified atom stereocenters. The van der Waals surface area contributed by atoms with Crippen molar-refractivity contribution in [1.29, 1.82) is 5.26 Å². The van der Waals surface area contributed by atoms with Gasteiger partial charge in [0, 0.05) is 17.7 Å². The van der Waals surface area contributed by atoms with E-state index in [0.717, 1.165) is 48.4 Å². The van der Waals surface area contributed by atoms with Crippen molar-refractivity contribution in [2.75, 3.05) is 11.1 Å². The molecule has 0 aliphatic heterocycles. The van der Waals surface area contributed by atoms with Crippen LogP contribution in [0.5, 0.6) is 0 Å². The average molecular weight is 488 g/mol. The third-order valence-electron chi connectivity index (χ3n) is 5.21. The van der Waals surface area contributed by atoms with E-state index in [1.165, 1.54) is 40.1 Å². The molecule has 1 aliphatic carbocycles. The van der Waals surface area contributed by atoms with E-state index < -0.39 is 0 Å². The molecule has 166 valence electrons. The van der Waals surface area contributed by atoms with E-state index in [-0.39, 0.29) is 17.5 Å². The number of benzene rings is 1. The van der Waals surface area contributed by atoms with Crippen molar-refractivity contribution < 1.29 is 9.18 Å². The van der Waals surface area contributed by atoms with Crippen LogP contribution in [0.1, 0.15) is 40.2 Å². The van der Waals surface area contributed by atoms with E-state index in [0.29, 0.717) is 21.5 Å². The number of thiophene rings is 1. The lowest BCUT2D eigenvalue weighted by Gasteiger charge is -2.09. The third kappa shape index (κ3) is 5.34. The lowest BCUT2D eigenvalue weighted by Crippen LogP contribution is -2.14. The Balaban J connectivity index is 1.29. The van der Waals surface area contributed by atoms with E-state index in [4.69, 9.17) is 0 Å². The van der Waals surface area contributed by atoms with Crippen LogP contribution < -0.4 is 5.32 Å². The van der Waals surface area contributed by atoms with Crippen LogP contribution in [-0.2, 0) is 36.2 Å². The molecule has 2 aromatic heterocycles. The minimum Gasteiger partial charge on any atom is -0.316 e. The van der Waals surface area contributed by atoms with Gasteiger partial charge in [0.25, 0.3) is 0 Å². The minimum absolute atomic E-state index is 0.152. The Labute approximate surface area is 198 Å². The molecule has 0 bridgehead atoms. The standard InChI is InChI=1S/C22H22FN5OS3/c1-28-19(12-30-11-14-6-8-15(23)9-7-14)26-27-22(28)31-13-20(29)25-21-17(10-24)16-4-2-3-5-18(16)32-21/h6-9H,2-5,11-13H2,1H3,(H,25,29). The number of carbonyl (C=O) groups excluding carboxylic acids is 1. The fourth-order valence-corrected chi connectivity index (χ4v) is 6.45. The van der Waals surface area contributed by atoms with Crippen LogP contribution in [0.15, 0.2) is 29.4 Å². The molecule has 1 aromatic carbocycles. The maximum atomic E-state index is 13.0. The van der Waals surface area contributed by atoms with E-state index in [2.05, 4.69) is 21.6 Å². The van der Waals surface area contributed by atoms with Crippen LogP contribution >= 0.6 is 34.9 Å². The van der Waals surface area contributed by atoms with Crippen LogP contribution in [-0.4, -0.2) is 26.4 Å². The second kappa shape index (κ2) is 10.5. The van der Waals surface area contributed by atoms with Crippen molar-refractivity contribution in [3.8, 4) is 6.07 Å². The number of anilines is 1. The quantitative estimate of drug-likeness (QED) is 0.454. The van der Waals surface area contributed by atoms with Crippen LogP contribution in [0.3, 0.4) is 0 Å². The van der Waals surface area contributed by atoms with E-state index in [1.54, 1.807) is 23.9 Å². The minimum atomic E-state index is -0.236. The zero-order valence-corrected chi connectivity index (χ0v) is 20.0. The predicted octanol–water partition coefficient (Wildman–Crippen LogP) is 4.93. The first-order chi connectivity index (χ1) is 15.5. The van der Waals surface area contributed by atoms with Crippen molar-refractivity contribution in [3.05, 3.63) is 57.5 Å². The predicted molar refractivity (Wildman–Crippen MR) is 127 cm³/mol. The number of aromatic nitrogens is 3. The van der Waals surface area contributed by atoms with Crippen LogP contribution in [0, 0.1) is 17.1 Å². The Kier molecular flexibility index (Phi) is 7.50. The van der Waals surface area contributed by atoms with Gasteiger partial charge in [0.1, 0.15) is 22.7 Å². The number of aryl methyl sites for hydroxylation is 1. The number of nitrogens with zero attached hydrogens (tertiary/aromatic N) is 4. The Bertz CT molecular complexity index is 1150. The van der Waals surface area contributed by atoms with Crippen molar-refractivity contribution in [2.24, 2.45) is 7.05 Å². The molecule has 0 atom stereocenters. The second-order valence-electron chi connectivity index (χ2n) is 7.44. The molecule has 0 saturated heterocycles. The van der Waals surface area contributed by atoms with Crippen LogP contribution in [0.4, 0.5) is 9.39 Å². The summed E-state index contributed by atoms with van der Waals surface area (Å²) in [4.78, 5) is 13.7. The Morgan fingerprint density at radius 2 is 2.03 bits per heavy atom. The van der Waals surface area contributed by atoms with Gasteiger partial charge >= 0.3 is 0 Å². The summed E-state index contributed by atoms with van der Waals surface area (Å²) in [6.07, 6.45) is 4.14. The van der Waals surface area contributed by atoms with Gasteiger partial charge in [-0.25, -0.2) is 4.39 Å². The SMILES string of the molecule is Cn1c(CSCc2ccc(F)cc2)nnc1SCC(=O)Nc1sc2c(c1C#N)CCCC2. The number of hydrogen-bond acceptors (Lipinski definition) is 7. The molecule has 6 nitrogen and oxygen atoms in total. The van der Waals surface area contributed by atoms with Crippen molar-refractivity contribution in [1.82, 2.24) is 14.8 Å². The molecule has 0 fully saturated rings. The number of hydrogen-bond donors (Lipinski definition) is 1. The largest absolute Gasteiger partial charge is 0.316 e. The molecule has 32 heavy (non-hydrogen) atoms. The molecular weight excluding hydrogens is 465 g/mol. The Hall–Kier alpha value is -2.35. The summed E-state index contributed by atoms with van der Waals surface area (Å²) in [5, 5.41) is 22.2. The first-order valence-corrected chi connectivity index (χ1v) is 13.2. The molecule has 4 rings (SSSR count). The van der Waals surface area contributed by atoms with Gasteiger partial charge in [-0.1, -0.05) is 23.9 Å². The van der Waals surface area contributed by atoms with Gasteiger partial charge in [-0.15, -0.1) is 33.3 Å². The highest BCUT2D eigenvalue weighted by Gasteiger charge is 2.22. The molecule has 2 heterocycles. The fourth-order valence-electron chi connectivity index (χ4n) is 3.50. The molecule has 0 spiro atoms. The number of halogens is 1.